The molecule has 2 unspecified atom stereocenters. The van der Waals surface area contributed by atoms with Crippen LogP contribution in [0.3, 0.4) is 0 Å². The maximum atomic E-state index is 5.46. The molecule has 0 bridgehead atoms. The Morgan fingerprint density at radius 2 is 2.59 bits per heavy atom. The van der Waals surface area contributed by atoms with Gasteiger partial charge in [0.1, 0.15) is 0 Å². The number of nitrogens with one attached hydrogen (secondary N) is 2. The van der Waals surface area contributed by atoms with Gasteiger partial charge < -0.3 is 15.4 Å². The average Bonchev–Trinajstić information content (AvgIpc) is 2.74. The van der Waals surface area contributed by atoms with E-state index >= 15 is 0 Å². The number of morpholine rings is 1. The smallest absolute Gasteiger partial charge is 0.0620 e. The molecule has 2 rings (SSSR count). The quantitative estimate of drug-likeness (QED) is 0.874. The zero-order valence-electron chi connectivity index (χ0n) is 10.0. The summed E-state index contributed by atoms with van der Waals surface area (Å²) in [7, 11) is 0. The van der Waals surface area contributed by atoms with E-state index < -0.39 is 0 Å². The first-order valence-electron chi connectivity index (χ1n) is 6.02. The van der Waals surface area contributed by atoms with E-state index in [9.17, 15) is 0 Å². The van der Waals surface area contributed by atoms with E-state index in [2.05, 4.69) is 44.9 Å². The number of hydrogen-bond acceptors (Lipinski definition) is 4. The third-order valence-electron chi connectivity index (χ3n) is 2.94. The number of rotatable bonds is 5. The SMILES string of the molecule is CC(CC1COCCN1)NCc1sccc1Br. The Balaban J connectivity index is 1.70. The molecule has 17 heavy (non-hydrogen) atoms. The van der Waals surface area contributed by atoms with Gasteiger partial charge in [0.15, 0.2) is 0 Å². The fourth-order valence-electron chi connectivity index (χ4n) is 2.00. The molecular weight excluding hydrogens is 300 g/mol. The minimum Gasteiger partial charge on any atom is -0.379 e. The van der Waals surface area contributed by atoms with Crippen molar-refractivity contribution in [2.45, 2.75) is 32.0 Å². The molecule has 1 aromatic heterocycles. The first-order chi connectivity index (χ1) is 8.25. The number of ether oxygens (including phenoxy) is 1. The van der Waals surface area contributed by atoms with Crippen molar-refractivity contribution in [1.82, 2.24) is 10.6 Å². The largest absolute Gasteiger partial charge is 0.379 e. The summed E-state index contributed by atoms with van der Waals surface area (Å²) >= 11 is 5.34. The Bertz CT molecular complexity index is 339. The van der Waals surface area contributed by atoms with Gasteiger partial charge in [0.05, 0.1) is 13.2 Å². The van der Waals surface area contributed by atoms with E-state index in [1.165, 1.54) is 9.35 Å². The number of thiophene rings is 1. The first-order valence-corrected chi connectivity index (χ1v) is 7.69. The molecule has 1 aromatic rings. The summed E-state index contributed by atoms with van der Waals surface area (Å²) in [6, 6.07) is 3.10. The molecule has 2 atom stereocenters. The van der Waals surface area contributed by atoms with Crippen molar-refractivity contribution in [3.63, 3.8) is 0 Å². The normalized spacial score (nSPS) is 22.6. The van der Waals surface area contributed by atoms with Gasteiger partial charge in [-0.1, -0.05) is 0 Å². The Morgan fingerprint density at radius 1 is 1.71 bits per heavy atom. The molecule has 1 aliphatic rings. The Kier molecular flexibility index (Phi) is 5.44. The standard InChI is InChI=1S/C12H19BrN2OS/c1-9(6-10-8-16-4-3-14-10)15-7-12-11(13)2-5-17-12/h2,5,9-10,14-15H,3-4,6-8H2,1H3. The average molecular weight is 319 g/mol. The van der Waals surface area contributed by atoms with Crippen LogP contribution in [0.15, 0.2) is 15.9 Å². The summed E-state index contributed by atoms with van der Waals surface area (Å²) in [5, 5.41) is 9.15. The molecule has 0 aromatic carbocycles. The minimum absolute atomic E-state index is 0.498. The van der Waals surface area contributed by atoms with Crippen molar-refractivity contribution in [3.05, 3.63) is 20.8 Å². The Hall–Kier alpha value is 0.0600. The third kappa shape index (κ3) is 4.34. The molecule has 5 heteroatoms. The predicted octanol–water partition coefficient (Wildman–Crippen LogP) is 2.37. The highest BCUT2D eigenvalue weighted by Gasteiger charge is 2.16. The van der Waals surface area contributed by atoms with Gasteiger partial charge >= 0.3 is 0 Å². The van der Waals surface area contributed by atoms with Gasteiger partial charge in [0.2, 0.25) is 0 Å². The zero-order chi connectivity index (χ0) is 12.1. The summed E-state index contributed by atoms with van der Waals surface area (Å²) in [5.41, 5.74) is 0. The number of hydrogen-bond donors (Lipinski definition) is 2. The predicted molar refractivity (Wildman–Crippen MR) is 75.5 cm³/mol. The molecule has 2 heterocycles. The van der Waals surface area contributed by atoms with Crippen LogP contribution < -0.4 is 10.6 Å². The molecular formula is C12H19BrN2OS. The van der Waals surface area contributed by atoms with Gasteiger partial charge in [-0.25, -0.2) is 0 Å². The van der Waals surface area contributed by atoms with Crippen LogP contribution in [0, 0.1) is 0 Å². The van der Waals surface area contributed by atoms with Crippen LogP contribution >= 0.6 is 27.3 Å². The van der Waals surface area contributed by atoms with Crippen molar-refractivity contribution < 1.29 is 4.74 Å². The van der Waals surface area contributed by atoms with Crippen LogP contribution in [0.4, 0.5) is 0 Å². The summed E-state index contributed by atoms with van der Waals surface area (Å²) in [5.74, 6) is 0. The minimum atomic E-state index is 0.498. The van der Waals surface area contributed by atoms with E-state index in [1.54, 1.807) is 11.3 Å². The van der Waals surface area contributed by atoms with E-state index in [1.807, 2.05) is 0 Å². The second kappa shape index (κ2) is 6.85. The van der Waals surface area contributed by atoms with Gasteiger partial charge in [-0.3, -0.25) is 0 Å². The van der Waals surface area contributed by atoms with E-state index in [4.69, 9.17) is 4.74 Å². The van der Waals surface area contributed by atoms with E-state index in [0.29, 0.717) is 12.1 Å². The van der Waals surface area contributed by atoms with Crippen LogP contribution in [-0.2, 0) is 11.3 Å². The maximum Gasteiger partial charge on any atom is 0.0620 e. The lowest BCUT2D eigenvalue weighted by atomic mass is 10.1. The molecule has 1 aliphatic heterocycles. The summed E-state index contributed by atoms with van der Waals surface area (Å²) in [6.45, 7) is 5.84. The fraction of sp³-hybridized carbons (Fsp3) is 0.667. The van der Waals surface area contributed by atoms with Crippen LogP contribution in [-0.4, -0.2) is 31.8 Å². The van der Waals surface area contributed by atoms with Crippen molar-refractivity contribution in [1.29, 1.82) is 0 Å². The van der Waals surface area contributed by atoms with Crippen LogP contribution in [0.2, 0.25) is 0 Å². The lowest BCUT2D eigenvalue weighted by Gasteiger charge is -2.26. The van der Waals surface area contributed by atoms with E-state index in [0.717, 1.165) is 32.7 Å². The molecule has 0 aliphatic carbocycles. The van der Waals surface area contributed by atoms with Gasteiger partial charge in [-0.05, 0) is 40.7 Å². The molecule has 0 saturated carbocycles. The molecule has 96 valence electrons. The fourth-order valence-corrected chi connectivity index (χ4v) is 3.44. The lowest BCUT2D eigenvalue weighted by Crippen LogP contribution is -2.44. The molecule has 0 spiro atoms. The molecule has 3 nitrogen and oxygen atoms in total. The first kappa shape index (κ1) is 13.5. The van der Waals surface area contributed by atoms with Crippen LogP contribution in [0.25, 0.3) is 0 Å². The van der Waals surface area contributed by atoms with Crippen molar-refractivity contribution >= 4 is 27.3 Å². The Labute approximate surface area is 115 Å². The van der Waals surface area contributed by atoms with Crippen molar-refractivity contribution in [2.24, 2.45) is 0 Å². The topological polar surface area (TPSA) is 33.3 Å². The highest BCUT2D eigenvalue weighted by molar-refractivity contribution is 9.10. The monoisotopic (exact) mass is 318 g/mol. The van der Waals surface area contributed by atoms with Crippen molar-refractivity contribution in [2.75, 3.05) is 19.8 Å². The second-order valence-electron chi connectivity index (χ2n) is 4.44. The van der Waals surface area contributed by atoms with Gasteiger partial charge in [0.25, 0.3) is 0 Å². The highest BCUT2D eigenvalue weighted by atomic mass is 79.9. The summed E-state index contributed by atoms with van der Waals surface area (Å²) in [6.07, 6.45) is 1.11. The molecule has 1 saturated heterocycles. The maximum absolute atomic E-state index is 5.46. The van der Waals surface area contributed by atoms with E-state index in [-0.39, 0.29) is 0 Å². The zero-order valence-corrected chi connectivity index (χ0v) is 12.4. The lowest BCUT2D eigenvalue weighted by molar-refractivity contribution is 0.0712. The molecule has 0 radical (unpaired) electrons. The molecule has 2 N–H and O–H groups in total. The van der Waals surface area contributed by atoms with Crippen molar-refractivity contribution in [3.8, 4) is 0 Å². The molecule has 0 amide bonds. The Morgan fingerprint density at radius 3 is 3.24 bits per heavy atom. The summed E-state index contributed by atoms with van der Waals surface area (Å²) < 4.78 is 6.67. The third-order valence-corrected chi connectivity index (χ3v) is 4.86. The number of halogens is 1. The second-order valence-corrected chi connectivity index (χ2v) is 6.29. The van der Waals surface area contributed by atoms with Gasteiger partial charge in [-0.2, -0.15) is 0 Å². The van der Waals surface area contributed by atoms with Gasteiger partial charge in [-0.15, -0.1) is 11.3 Å². The van der Waals surface area contributed by atoms with Crippen LogP contribution in [0.1, 0.15) is 18.2 Å². The molecule has 1 fully saturated rings. The summed E-state index contributed by atoms with van der Waals surface area (Å²) in [4.78, 5) is 1.37. The van der Waals surface area contributed by atoms with Crippen LogP contribution in [0.5, 0.6) is 0 Å². The highest BCUT2D eigenvalue weighted by Crippen LogP contribution is 2.22. The van der Waals surface area contributed by atoms with Gasteiger partial charge in [0, 0.05) is 34.5 Å².